The Labute approximate surface area is 165 Å². The SMILES string of the molecule is CCCCCOc1ccc(/C=N/Nc2nc(=O)[nH]nc2C(C)(C)C)cc1OC. The highest BCUT2D eigenvalue weighted by molar-refractivity contribution is 5.81. The topological polar surface area (TPSA) is 101 Å². The summed E-state index contributed by atoms with van der Waals surface area (Å²) in [4.78, 5) is 15.4. The predicted octanol–water partition coefficient (Wildman–Crippen LogP) is 3.49. The van der Waals surface area contributed by atoms with Crippen LogP contribution in [0.3, 0.4) is 0 Å². The number of benzene rings is 1. The average molecular weight is 387 g/mol. The number of rotatable bonds is 9. The van der Waals surface area contributed by atoms with Gasteiger partial charge in [-0.25, -0.2) is 9.89 Å². The second kappa shape index (κ2) is 9.87. The number of unbranched alkanes of at least 4 members (excludes halogenated alkanes) is 2. The molecule has 0 amide bonds. The first kappa shape index (κ1) is 21.4. The van der Waals surface area contributed by atoms with Crippen molar-refractivity contribution in [2.24, 2.45) is 5.10 Å². The zero-order valence-corrected chi connectivity index (χ0v) is 17.2. The van der Waals surface area contributed by atoms with Crippen molar-refractivity contribution in [3.63, 3.8) is 0 Å². The molecule has 1 aromatic heterocycles. The first-order valence-electron chi connectivity index (χ1n) is 9.42. The number of hydrazone groups is 1. The summed E-state index contributed by atoms with van der Waals surface area (Å²) in [5, 5.41) is 10.6. The number of hydrogen-bond donors (Lipinski definition) is 2. The standard InChI is InChI=1S/C20H29N5O3/c1-6-7-8-11-28-15-10-9-14(12-16(15)27-5)13-21-24-18-17(20(2,3)4)23-25-19(26)22-18/h9-10,12-13H,6-8,11H2,1-5H3,(H2,22,24,25,26)/b21-13+. The number of aromatic nitrogens is 3. The molecule has 1 aromatic carbocycles. The molecular weight excluding hydrogens is 358 g/mol. The molecule has 0 saturated carbocycles. The van der Waals surface area contributed by atoms with Gasteiger partial charge in [-0.3, -0.25) is 5.43 Å². The van der Waals surface area contributed by atoms with E-state index in [1.54, 1.807) is 13.3 Å². The summed E-state index contributed by atoms with van der Waals surface area (Å²) >= 11 is 0. The largest absolute Gasteiger partial charge is 0.493 e. The minimum atomic E-state index is -0.531. The summed E-state index contributed by atoms with van der Waals surface area (Å²) in [5.74, 6) is 1.68. The van der Waals surface area contributed by atoms with Crippen molar-refractivity contribution in [2.45, 2.75) is 52.4 Å². The lowest BCUT2D eigenvalue weighted by Gasteiger charge is -2.18. The highest BCUT2D eigenvalue weighted by Crippen LogP contribution is 2.28. The smallest absolute Gasteiger partial charge is 0.363 e. The van der Waals surface area contributed by atoms with Crippen LogP contribution >= 0.6 is 0 Å². The third kappa shape index (κ3) is 6.07. The maximum absolute atomic E-state index is 11.5. The molecule has 152 valence electrons. The lowest BCUT2D eigenvalue weighted by Crippen LogP contribution is -2.24. The quantitative estimate of drug-likeness (QED) is 0.388. The van der Waals surface area contributed by atoms with Crippen LogP contribution in [-0.4, -0.2) is 35.1 Å². The van der Waals surface area contributed by atoms with E-state index >= 15 is 0 Å². The maximum atomic E-state index is 11.5. The molecule has 0 atom stereocenters. The molecule has 0 saturated heterocycles. The fourth-order valence-corrected chi connectivity index (χ4v) is 2.52. The molecule has 1 heterocycles. The molecule has 28 heavy (non-hydrogen) atoms. The van der Waals surface area contributed by atoms with E-state index in [2.05, 4.69) is 32.6 Å². The molecule has 0 bridgehead atoms. The molecule has 0 radical (unpaired) electrons. The van der Waals surface area contributed by atoms with Crippen molar-refractivity contribution in [1.29, 1.82) is 0 Å². The zero-order valence-electron chi connectivity index (χ0n) is 17.2. The number of anilines is 1. The number of H-pyrrole nitrogens is 1. The van der Waals surface area contributed by atoms with Gasteiger partial charge in [-0.1, -0.05) is 40.5 Å². The van der Waals surface area contributed by atoms with E-state index in [1.165, 1.54) is 0 Å². The fourth-order valence-electron chi connectivity index (χ4n) is 2.52. The van der Waals surface area contributed by atoms with E-state index in [1.807, 2.05) is 39.0 Å². The summed E-state index contributed by atoms with van der Waals surface area (Å²) in [6, 6.07) is 5.59. The highest BCUT2D eigenvalue weighted by Gasteiger charge is 2.21. The van der Waals surface area contributed by atoms with E-state index in [4.69, 9.17) is 9.47 Å². The monoisotopic (exact) mass is 387 g/mol. The summed E-state index contributed by atoms with van der Waals surface area (Å²) in [6.45, 7) is 8.76. The number of aromatic amines is 1. The van der Waals surface area contributed by atoms with Crippen LogP contribution in [0.1, 0.15) is 58.2 Å². The summed E-state index contributed by atoms with van der Waals surface area (Å²) < 4.78 is 11.2. The molecule has 0 aliphatic carbocycles. The van der Waals surface area contributed by atoms with E-state index in [9.17, 15) is 4.79 Å². The third-order valence-corrected chi connectivity index (χ3v) is 3.99. The van der Waals surface area contributed by atoms with Gasteiger partial charge in [-0.05, 0) is 30.2 Å². The molecule has 2 aromatic rings. The van der Waals surface area contributed by atoms with E-state index in [-0.39, 0.29) is 5.41 Å². The predicted molar refractivity (Wildman–Crippen MR) is 111 cm³/mol. The van der Waals surface area contributed by atoms with Crippen molar-refractivity contribution in [1.82, 2.24) is 15.2 Å². The van der Waals surface area contributed by atoms with Crippen LogP contribution in [0.15, 0.2) is 28.1 Å². The lowest BCUT2D eigenvalue weighted by molar-refractivity contribution is 0.286. The molecule has 2 N–H and O–H groups in total. The average Bonchev–Trinajstić information content (AvgIpc) is 2.65. The van der Waals surface area contributed by atoms with Gasteiger partial charge in [0.15, 0.2) is 17.3 Å². The van der Waals surface area contributed by atoms with Gasteiger partial charge in [0.05, 0.1) is 19.9 Å². The highest BCUT2D eigenvalue weighted by atomic mass is 16.5. The summed E-state index contributed by atoms with van der Waals surface area (Å²) in [5.41, 5.74) is 3.43. The van der Waals surface area contributed by atoms with Gasteiger partial charge < -0.3 is 9.47 Å². The van der Waals surface area contributed by atoms with Crippen molar-refractivity contribution in [3.05, 3.63) is 39.9 Å². The molecule has 0 spiro atoms. The second-order valence-electron chi connectivity index (χ2n) is 7.42. The van der Waals surface area contributed by atoms with Crippen LogP contribution in [0.2, 0.25) is 0 Å². The summed E-state index contributed by atoms with van der Waals surface area (Å²) in [7, 11) is 1.61. The van der Waals surface area contributed by atoms with Crippen LogP contribution < -0.4 is 20.6 Å². The van der Waals surface area contributed by atoms with Crippen molar-refractivity contribution in [2.75, 3.05) is 19.1 Å². The minimum absolute atomic E-state index is 0.297. The van der Waals surface area contributed by atoms with E-state index in [0.717, 1.165) is 24.8 Å². The second-order valence-corrected chi connectivity index (χ2v) is 7.42. The van der Waals surface area contributed by atoms with Crippen LogP contribution in [-0.2, 0) is 5.41 Å². The van der Waals surface area contributed by atoms with Crippen LogP contribution in [0.4, 0.5) is 5.82 Å². The molecule has 2 rings (SSSR count). The Kier molecular flexibility index (Phi) is 7.54. The van der Waals surface area contributed by atoms with Gasteiger partial charge in [0.1, 0.15) is 5.69 Å². The Morgan fingerprint density at radius 3 is 2.71 bits per heavy atom. The van der Waals surface area contributed by atoms with Gasteiger partial charge in [-0.15, -0.1) is 0 Å². The minimum Gasteiger partial charge on any atom is -0.493 e. The zero-order chi connectivity index (χ0) is 20.6. The van der Waals surface area contributed by atoms with E-state index < -0.39 is 5.69 Å². The Morgan fingerprint density at radius 1 is 1.25 bits per heavy atom. The van der Waals surface area contributed by atoms with Crippen molar-refractivity contribution < 1.29 is 9.47 Å². The Bertz CT molecular complexity index is 856. The fraction of sp³-hybridized carbons (Fsp3) is 0.500. The van der Waals surface area contributed by atoms with Gasteiger partial charge in [0, 0.05) is 5.41 Å². The number of ether oxygens (including phenoxy) is 2. The van der Waals surface area contributed by atoms with Crippen LogP contribution in [0, 0.1) is 0 Å². The number of hydrogen-bond acceptors (Lipinski definition) is 7. The first-order chi connectivity index (χ1) is 13.3. The third-order valence-electron chi connectivity index (χ3n) is 3.99. The lowest BCUT2D eigenvalue weighted by atomic mass is 9.92. The van der Waals surface area contributed by atoms with Gasteiger partial charge >= 0.3 is 5.69 Å². The Hall–Kier alpha value is -2.90. The van der Waals surface area contributed by atoms with Gasteiger partial charge in [0.25, 0.3) is 0 Å². The number of methoxy groups -OCH3 is 1. The molecular formula is C20H29N5O3. The van der Waals surface area contributed by atoms with Crippen LogP contribution in [0.5, 0.6) is 11.5 Å². The Balaban J connectivity index is 2.11. The van der Waals surface area contributed by atoms with Gasteiger partial charge in [-0.2, -0.15) is 15.2 Å². The Morgan fingerprint density at radius 2 is 2.04 bits per heavy atom. The van der Waals surface area contributed by atoms with Gasteiger partial charge in [0.2, 0.25) is 0 Å². The number of nitrogens with zero attached hydrogens (tertiary/aromatic N) is 3. The normalized spacial score (nSPS) is 11.6. The number of nitrogens with one attached hydrogen (secondary N) is 2. The first-order valence-corrected chi connectivity index (χ1v) is 9.42. The molecule has 8 nitrogen and oxygen atoms in total. The van der Waals surface area contributed by atoms with E-state index in [0.29, 0.717) is 29.6 Å². The molecule has 0 unspecified atom stereocenters. The molecule has 8 heteroatoms. The maximum Gasteiger partial charge on any atom is 0.363 e. The summed E-state index contributed by atoms with van der Waals surface area (Å²) in [6.07, 6.45) is 4.93. The molecule has 0 aliphatic rings. The molecule has 0 aliphatic heterocycles. The van der Waals surface area contributed by atoms with Crippen molar-refractivity contribution in [3.8, 4) is 11.5 Å². The van der Waals surface area contributed by atoms with Crippen LogP contribution in [0.25, 0.3) is 0 Å². The molecule has 0 fully saturated rings. The van der Waals surface area contributed by atoms with Crippen molar-refractivity contribution >= 4 is 12.0 Å².